The third kappa shape index (κ3) is 3.25. The molecule has 1 aromatic carbocycles. The molecule has 3 heterocycles. The van der Waals surface area contributed by atoms with Crippen molar-refractivity contribution in [1.29, 1.82) is 0 Å². The largest absolute Gasteiger partial charge is 0.348 e. The van der Waals surface area contributed by atoms with Crippen LogP contribution in [-0.2, 0) is 11.8 Å². The number of pyridine rings is 1. The van der Waals surface area contributed by atoms with Crippen LogP contribution in [-0.4, -0.2) is 31.0 Å². The van der Waals surface area contributed by atoms with Crippen molar-refractivity contribution in [2.75, 3.05) is 0 Å². The van der Waals surface area contributed by atoms with Crippen molar-refractivity contribution in [3.05, 3.63) is 42.4 Å². The normalized spacial score (nSPS) is 13.2. The minimum Gasteiger partial charge on any atom is -0.348 e. The van der Waals surface area contributed by atoms with E-state index in [-0.39, 0.29) is 11.9 Å². The van der Waals surface area contributed by atoms with E-state index in [1.165, 1.54) is 0 Å². The molecule has 0 radical (unpaired) electrons. The SMILES string of the molecule is C[C@H](NC(=O)C(C)(C)N)c1cccc(-c2nc3c(ncc4ncn(C)c43)s2)c1. The Morgan fingerprint density at radius 1 is 1.32 bits per heavy atom. The Morgan fingerprint density at radius 2 is 2.11 bits per heavy atom. The zero-order chi connectivity index (χ0) is 20.1. The summed E-state index contributed by atoms with van der Waals surface area (Å²) in [4.78, 5) is 26.8. The van der Waals surface area contributed by atoms with E-state index < -0.39 is 5.54 Å². The van der Waals surface area contributed by atoms with Crippen molar-refractivity contribution in [2.45, 2.75) is 32.4 Å². The van der Waals surface area contributed by atoms with Crippen LogP contribution in [0.2, 0.25) is 0 Å². The number of carbonyl (C=O) groups is 1. The topological polar surface area (TPSA) is 98.7 Å². The van der Waals surface area contributed by atoms with Gasteiger partial charge in [0.05, 0.1) is 29.6 Å². The number of aryl methyl sites for hydroxylation is 1. The van der Waals surface area contributed by atoms with Crippen molar-refractivity contribution in [3.8, 4) is 10.6 Å². The molecule has 144 valence electrons. The number of aromatic nitrogens is 4. The summed E-state index contributed by atoms with van der Waals surface area (Å²) in [7, 11) is 1.96. The first-order chi connectivity index (χ1) is 13.2. The molecule has 8 heteroatoms. The lowest BCUT2D eigenvalue weighted by Crippen LogP contribution is -2.49. The molecule has 0 unspecified atom stereocenters. The number of benzene rings is 1. The van der Waals surface area contributed by atoms with Crippen molar-refractivity contribution >= 4 is 38.6 Å². The van der Waals surface area contributed by atoms with Gasteiger partial charge < -0.3 is 15.6 Å². The summed E-state index contributed by atoms with van der Waals surface area (Å²) in [5.74, 6) is -0.187. The Morgan fingerprint density at radius 3 is 2.86 bits per heavy atom. The molecule has 7 nitrogen and oxygen atoms in total. The van der Waals surface area contributed by atoms with Crippen LogP contribution in [0, 0.1) is 0 Å². The standard InChI is InChI=1S/C20H22N6OS/c1-11(24-19(27)20(2,3)21)12-6-5-7-13(8-12)17-25-15-16-14(23-10-26(16)4)9-22-18(15)28-17/h5-11H,21H2,1-4H3,(H,24,27)/t11-/m0/s1. The molecule has 0 aliphatic heterocycles. The molecule has 0 spiro atoms. The monoisotopic (exact) mass is 394 g/mol. The molecular formula is C20H22N6OS. The average Bonchev–Trinajstić information content (AvgIpc) is 3.24. The summed E-state index contributed by atoms with van der Waals surface area (Å²) >= 11 is 1.55. The van der Waals surface area contributed by atoms with Gasteiger partial charge in [0, 0.05) is 12.6 Å². The van der Waals surface area contributed by atoms with Crippen molar-refractivity contribution in [3.63, 3.8) is 0 Å². The number of nitrogens with one attached hydrogen (secondary N) is 1. The van der Waals surface area contributed by atoms with E-state index in [2.05, 4.69) is 15.3 Å². The van der Waals surface area contributed by atoms with Gasteiger partial charge in [0.1, 0.15) is 20.9 Å². The van der Waals surface area contributed by atoms with Crippen LogP contribution in [0.5, 0.6) is 0 Å². The fourth-order valence-corrected chi connectivity index (χ4v) is 3.94. The number of hydrogen-bond donors (Lipinski definition) is 2. The maximum atomic E-state index is 12.2. The highest BCUT2D eigenvalue weighted by atomic mass is 32.1. The number of carbonyl (C=O) groups excluding carboxylic acids is 1. The van der Waals surface area contributed by atoms with Gasteiger partial charge in [-0.2, -0.15) is 0 Å². The summed E-state index contributed by atoms with van der Waals surface area (Å²) in [6, 6.07) is 7.87. The van der Waals surface area contributed by atoms with Crippen molar-refractivity contribution in [1.82, 2.24) is 24.8 Å². The van der Waals surface area contributed by atoms with Gasteiger partial charge in [-0.25, -0.2) is 15.0 Å². The number of amides is 1. The maximum Gasteiger partial charge on any atom is 0.239 e. The summed E-state index contributed by atoms with van der Waals surface area (Å²) in [5.41, 5.74) is 9.62. The highest BCUT2D eigenvalue weighted by Gasteiger charge is 2.23. The molecule has 1 atom stereocenters. The first kappa shape index (κ1) is 18.5. The minimum atomic E-state index is -0.918. The molecule has 1 amide bonds. The zero-order valence-electron chi connectivity index (χ0n) is 16.2. The van der Waals surface area contributed by atoms with Crippen LogP contribution in [0.1, 0.15) is 32.4 Å². The number of imidazole rings is 1. The second kappa shape index (κ2) is 6.65. The summed E-state index contributed by atoms with van der Waals surface area (Å²) < 4.78 is 1.96. The van der Waals surface area contributed by atoms with Gasteiger partial charge >= 0.3 is 0 Å². The molecular weight excluding hydrogens is 372 g/mol. The van der Waals surface area contributed by atoms with Gasteiger partial charge in [0.25, 0.3) is 0 Å². The lowest BCUT2D eigenvalue weighted by Gasteiger charge is -2.22. The van der Waals surface area contributed by atoms with Gasteiger partial charge in [-0.05, 0) is 32.4 Å². The fraction of sp³-hybridized carbons (Fsp3) is 0.300. The first-order valence-corrected chi connectivity index (χ1v) is 9.82. The molecule has 0 aliphatic rings. The van der Waals surface area contributed by atoms with Crippen molar-refractivity contribution in [2.24, 2.45) is 12.8 Å². The van der Waals surface area contributed by atoms with E-state index >= 15 is 0 Å². The lowest BCUT2D eigenvalue weighted by atomic mass is 10.0. The molecule has 0 aliphatic carbocycles. The first-order valence-electron chi connectivity index (χ1n) is 9.01. The lowest BCUT2D eigenvalue weighted by molar-refractivity contribution is -0.125. The Hall–Kier alpha value is -2.84. The van der Waals surface area contributed by atoms with E-state index in [9.17, 15) is 4.79 Å². The summed E-state index contributed by atoms with van der Waals surface area (Å²) in [5, 5.41) is 3.85. The number of thiazole rings is 1. The Labute approximate surface area is 166 Å². The zero-order valence-corrected chi connectivity index (χ0v) is 17.0. The van der Waals surface area contributed by atoms with Crippen LogP contribution in [0.4, 0.5) is 0 Å². The Kier molecular flexibility index (Phi) is 4.40. The molecule has 3 N–H and O–H groups in total. The Bertz CT molecular complexity index is 1190. The van der Waals surface area contributed by atoms with E-state index in [0.29, 0.717) is 0 Å². The molecule has 28 heavy (non-hydrogen) atoms. The number of hydrogen-bond acceptors (Lipinski definition) is 6. The quantitative estimate of drug-likeness (QED) is 0.554. The number of nitrogens with two attached hydrogens (primary N) is 1. The highest BCUT2D eigenvalue weighted by Crippen LogP contribution is 2.33. The molecule has 0 bridgehead atoms. The van der Waals surface area contributed by atoms with Gasteiger partial charge in [-0.3, -0.25) is 4.79 Å². The number of rotatable bonds is 4. The van der Waals surface area contributed by atoms with Crippen LogP contribution in [0.25, 0.3) is 32.0 Å². The fourth-order valence-electron chi connectivity index (χ4n) is 3.04. The number of nitrogens with zero attached hydrogens (tertiary/aromatic N) is 4. The maximum absolute atomic E-state index is 12.2. The van der Waals surface area contributed by atoms with Gasteiger partial charge in [-0.15, -0.1) is 0 Å². The predicted molar refractivity (Wildman–Crippen MR) is 112 cm³/mol. The highest BCUT2D eigenvalue weighted by molar-refractivity contribution is 7.21. The van der Waals surface area contributed by atoms with E-state index in [0.717, 1.165) is 37.5 Å². The van der Waals surface area contributed by atoms with Crippen molar-refractivity contribution < 1.29 is 4.79 Å². The minimum absolute atomic E-state index is 0.161. The third-order valence-corrected chi connectivity index (χ3v) is 5.68. The predicted octanol–water partition coefficient (Wildman–Crippen LogP) is 3.16. The second-order valence-electron chi connectivity index (χ2n) is 7.56. The van der Waals surface area contributed by atoms with Gasteiger partial charge in [0.15, 0.2) is 0 Å². The smallest absolute Gasteiger partial charge is 0.239 e. The van der Waals surface area contributed by atoms with E-state index in [1.807, 2.05) is 42.8 Å². The van der Waals surface area contributed by atoms with E-state index in [1.54, 1.807) is 37.7 Å². The van der Waals surface area contributed by atoms with Crippen LogP contribution in [0.3, 0.4) is 0 Å². The third-order valence-electron chi connectivity index (χ3n) is 4.67. The molecule has 4 aromatic rings. The molecule has 3 aromatic heterocycles. The Balaban J connectivity index is 1.70. The second-order valence-corrected chi connectivity index (χ2v) is 8.54. The number of fused-ring (bicyclic) bond motifs is 3. The van der Waals surface area contributed by atoms with Crippen LogP contribution >= 0.6 is 11.3 Å². The molecule has 0 fully saturated rings. The summed E-state index contributed by atoms with van der Waals surface area (Å²) in [6.07, 6.45) is 3.55. The average molecular weight is 395 g/mol. The van der Waals surface area contributed by atoms with Gasteiger partial charge in [-0.1, -0.05) is 29.5 Å². The van der Waals surface area contributed by atoms with Crippen LogP contribution < -0.4 is 11.1 Å². The molecule has 0 saturated carbocycles. The molecule has 4 rings (SSSR count). The van der Waals surface area contributed by atoms with Crippen LogP contribution in [0.15, 0.2) is 36.8 Å². The van der Waals surface area contributed by atoms with Gasteiger partial charge in [0.2, 0.25) is 5.91 Å². The molecule has 0 saturated heterocycles. The summed E-state index contributed by atoms with van der Waals surface area (Å²) in [6.45, 7) is 5.33. The van der Waals surface area contributed by atoms with E-state index in [4.69, 9.17) is 10.7 Å².